The fraction of sp³-hybridized carbons (Fsp3) is 0.921. The van der Waals surface area contributed by atoms with E-state index in [2.05, 4.69) is 53.7 Å². The van der Waals surface area contributed by atoms with Gasteiger partial charge in [-0.1, -0.05) is 163 Å². The van der Waals surface area contributed by atoms with Crippen LogP contribution in [0.25, 0.3) is 0 Å². The van der Waals surface area contributed by atoms with Gasteiger partial charge in [0.1, 0.15) is 0 Å². The molecule has 0 aromatic carbocycles. The summed E-state index contributed by atoms with van der Waals surface area (Å²) >= 11 is 0. The molecule has 0 aliphatic heterocycles. The normalized spacial score (nSPS) is 14.2. The van der Waals surface area contributed by atoms with Crippen LogP contribution < -0.4 is 0 Å². The van der Waals surface area contributed by atoms with Gasteiger partial charge < -0.3 is 4.74 Å². The quantitative estimate of drug-likeness (QED) is 0.0494. The largest absolute Gasteiger partial charge is 0.466 e. The Morgan fingerprint density at radius 2 is 0.950 bits per heavy atom. The van der Waals surface area contributed by atoms with Crippen molar-refractivity contribution in [1.29, 1.82) is 0 Å². The van der Waals surface area contributed by atoms with Crippen molar-refractivity contribution >= 4 is 5.97 Å². The lowest BCUT2D eigenvalue weighted by molar-refractivity contribution is -0.144. The third kappa shape index (κ3) is 30.2. The Labute approximate surface area is 253 Å². The van der Waals surface area contributed by atoms with Crippen LogP contribution in [0.15, 0.2) is 12.2 Å². The topological polar surface area (TPSA) is 26.3 Å². The molecule has 0 aliphatic rings. The van der Waals surface area contributed by atoms with Crippen LogP contribution in [0.5, 0.6) is 0 Å². The number of hydrogen-bond acceptors (Lipinski definition) is 2. The van der Waals surface area contributed by atoms with Gasteiger partial charge in [-0.05, 0) is 62.2 Å². The first-order valence-electron chi connectivity index (χ1n) is 18.2. The van der Waals surface area contributed by atoms with E-state index in [0.717, 1.165) is 30.6 Å². The van der Waals surface area contributed by atoms with Crippen molar-refractivity contribution in [2.45, 2.75) is 196 Å². The smallest absolute Gasteiger partial charge is 0.305 e. The number of unbranched alkanes of at least 4 members (excludes halogenated alkanes) is 11. The molecule has 0 N–H and O–H groups in total. The highest BCUT2D eigenvalue weighted by Gasteiger charge is 2.09. The molecule has 238 valence electrons. The second-order valence-corrected chi connectivity index (χ2v) is 13.8. The van der Waals surface area contributed by atoms with Gasteiger partial charge in [-0.15, -0.1) is 0 Å². The van der Waals surface area contributed by atoms with Gasteiger partial charge in [-0.25, -0.2) is 0 Å². The number of allylic oxidation sites excluding steroid dienone is 2. The summed E-state index contributed by atoms with van der Waals surface area (Å²) in [5.41, 5.74) is 0. The number of hydrogen-bond donors (Lipinski definition) is 0. The van der Waals surface area contributed by atoms with Crippen molar-refractivity contribution in [3.8, 4) is 0 Å². The maximum atomic E-state index is 12.1. The number of esters is 1. The molecule has 0 radical (unpaired) electrons. The minimum Gasteiger partial charge on any atom is -0.466 e. The number of rotatable bonds is 30. The summed E-state index contributed by atoms with van der Waals surface area (Å²) in [6, 6.07) is 0. The minimum atomic E-state index is 0.0146. The molecule has 2 heteroatoms. The molecular weight excluding hydrogens is 488 g/mol. The predicted octanol–water partition coefficient (Wildman–Crippen LogP) is 13.0. The molecule has 3 atom stereocenters. The van der Waals surface area contributed by atoms with Crippen LogP contribution in [-0.2, 0) is 9.53 Å². The highest BCUT2D eigenvalue weighted by molar-refractivity contribution is 5.69. The average molecular weight is 563 g/mol. The van der Waals surface area contributed by atoms with Crippen LogP contribution in [0, 0.1) is 23.7 Å². The summed E-state index contributed by atoms with van der Waals surface area (Å²) in [7, 11) is 0. The highest BCUT2D eigenvalue weighted by Crippen LogP contribution is 2.23. The maximum absolute atomic E-state index is 12.1. The summed E-state index contributed by atoms with van der Waals surface area (Å²) in [6.45, 7) is 14.7. The Balaban J connectivity index is 3.48. The molecule has 0 spiro atoms. The van der Waals surface area contributed by atoms with Crippen molar-refractivity contribution in [2.24, 2.45) is 23.7 Å². The molecule has 3 unspecified atom stereocenters. The third-order valence-electron chi connectivity index (χ3n) is 8.78. The summed E-state index contributed by atoms with van der Waals surface area (Å²) < 4.78 is 5.53. The Morgan fingerprint density at radius 1 is 0.525 bits per heavy atom. The number of ether oxygens (including phenoxy) is 1. The monoisotopic (exact) mass is 563 g/mol. The van der Waals surface area contributed by atoms with Gasteiger partial charge in [0.2, 0.25) is 0 Å². The number of carbonyl (C=O) groups is 1. The fourth-order valence-corrected chi connectivity index (χ4v) is 5.72. The molecule has 2 nitrogen and oxygen atoms in total. The highest BCUT2D eigenvalue weighted by atomic mass is 16.5. The molecule has 0 aliphatic carbocycles. The van der Waals surface area contributed by atoms with Gasteiger partial charge in [0.15, 0.2) is 0 Å². The van der Waals surface area contributed by atoms with Crippen LogP contribution in [-0.4, -0.2) is 12.6 Å². The van der Waals surface area contributed by atoms with Crippen molar-refractivity contribution in [3.05, 3.63) is 12.2 Å². The molecule has 0 saturated heterocycles. The van der Waals surface area contributed by atoms with Crippen LogP contribution in [0.2, 0.25) is 0 Å². The first-order valence-corrected chi connectivity index (χ1v) is 18.2. The minimum absolute atomic E-state index is 0.0146. The van der Waals surface area contributed by atoms with Gasteiger partial charge in [-0.3, -0.25) is 4.79 Å². The average Bonchev–Trinajstić information content (AvgIpc) is 2.90. The van der Waals surface area contributed by atoms with E-state index in [-0.39, 0.29) is 5.97 Å². The Hall–Kier alpha value is -0.790. The van der Waals surface area contributed by atoms with Gasteiger partial charge in [0.05, 0.1) is 6.61 Å². The van der Waals surface area contributed by atoms with Gasteiger partial charge in [0, 0.05) is 6.42 Å². The van der Waals surface area contributed by atoms with E-state index < -0.39 is 0 Å². The van der Waals surface area contributed by atoms with Gasteiger partial charge >= 0.3 is 5.97 Å². The molecule has 0 aromatic rings. The Bertz CT molecular complexity index is 552. The fourth-order valence-electron chi connectivity index (χ4n) is 5.72. The zero-order valence-corrected chi connectivity index (χ0v) is 28.5. The molecule has 0 bridgehead atoms. The first-order chi connectivity index (χ1) is 19.3. The van der Waals surface area contributed by atoms with E-state index in [1.165, 1.54) is 135 Å². The summed E-state index contributed by atoms with van der Waals surface area (Å²) in [6.07, 6.45) is 35.4. The molecule has 0 aromatic heterocycles. The van der Waals surface area contributed by atoms with Crippen LogP contribution in [0.4, 0.5) is 0 Å². The Kier molecular flexibility index (Phi) is 29.1. The zero-order valence-electron chi connectivity index (χ0n) is 28.5. The van der Waals surface area contributed by atoms with E-state index in [1.807, 2.05) is 0 Å². The first kappa shape index (κ1) is 39.2. The van der Waals surface area contributed by atoms with E-state index in [0.29, 0.717) is 18.9 Å². The summed E-state index contributed by atoms with van der Waals surface area (Å²) in [5, 5.41) is 0. The zero-order chi connectivity index (χ0) is 29.7. The molecule has 0 rings (SSSR count). The Morgan fingerprint density at radius 3 is 1.45 bits per heavy atom. The van der Waals surface area contributed by atoms with E-state index >= 15 is 0 Å². The van der Waals surface area contributed by atoms with Crippen LogP contribution >= 0.6 is 0 Å². The van der Waals surface area contributed by atoms with E-state index in [9.17, 15) is 4.79 Å². The third-order valence-corrected chi connectivity index (χ3v) is 8.78. The lowest BCUT2D eigenvalue weighted by Crippen LogP contribution is -2.09. The van der Waals surface area contributed by atoms with E-state index in [1.54, 1.807) is 0 Å². The maximum Gasteiger partial charge on any atom is 0.305 e. The molecular formula is C38H74O2. The van der Waals surface area contributed by atoms with Crippen LogP contribution in [0.3, 0.4) is 0 Å². The van der Waals surface area contributed by atoms with Gasteiger partial charge in [-0.2, -0.15) is 0 Å². The molecule has 40 heavy (non-hydrogen) atoms. The second kappa shape index (κ2) is 29.7. The summed E-state index contributed by atoms with van der Waals surface area (Å²) in [5.74, 6) is 3.26. The molecule has 0 amide bonds. The standard InChI is InChI=1S/C38H74O2/c1-7-8-9-10-11-12-13-14-15-16-17-18-19-20-21-31-38(39)40-33-32-37(6)30-24-29-36(5)28-23-27-35(4)26-22-25-34(2)3/h12-13,34-37H,7-11,14-33H2,1-6H3/b13-12-. The molecule has 0 heterocycles. The number of carbonyl (C=O) groups excluding carboxylic acids is 1. The lowest BCUT2D eigenvalue weighted by Gasteiger charge is -2.16. The predicted molar refractivity (Wildman–Crippen MR) is 179 cm³/mol. The van der Waals surface area contributed by atoms with Gasteiger partial charge in [0.25, 0.3) is 0 Å². The lowest BCUT2D eigenvalue weighted by atomic mass is 9.91. The second-order valence-electron chi connectivity index (χ2n) is 13.8. The van der Waals surface area contributed by atoms with Crippen molar-refractivity contribution in [3.63, 3.8) is 0 Å². The summed E-state index contributed by atoms with van der Waals surface area (Å²) in [4.78, 5) is 12.1. The van der Waals surface area contributed by atoms with Crippen molar-refractivity contribution < 1.29 is 9.53 Å². The van der Waals surface area contributed by atoms with Crippen LogP contribution in [0.1, 0.15) is 196 Å². The van der Waals surface area contributed by atoms with Crippen molar-refractivity contribution in [2.75, 3.05) is 6.61 Å². The van der Waals surface area contributed by atoms with Crippen molar-refractivity contribution in [1.82, 2.24) is 0 Å². The molecule has 0 fully saturated rings. The molecule has 0 saturated carbocycles. The van der Waals surface area contributed by atoms with E-state index in [4.69, 9.17) is 4.74 Å². The SMILES string of the molecule is CCCCCC/C=C\CCCCCCCCCC(=O)OCCC(C)CCCC(C)CCCC(C)CCCC(C)C.